The largest absolute Gasteiger partial charge is 0.419 e. The average Bonchev–Trinajstić information content (AvgIpc) is 3.15. The lowest BCUT2D eigenvalue weighted by Crippen LogP contribution is -2.35. The number of rotatable bonds is 3. The minimum atomic E-state index is -4.82. The predicted molar refractivity (Wildman–Crippen MR) is 78.6 cm³/mol. The van der Waals surface area contributed by atoms with Crippen LogP contribution in [0.15, 0.2) is 22.7 Å². The molecule has 134 valence electrons. The Morgan fingerprint density at radius 1 is 1.36 bits per heavy atom. The molecule has 1 saturated heterocycles. The highest BCUT2D eigenvalue weighted by Gasteiger charge is 2.34. The van der Waals surface area contributed by atoms with Crippen molar-refractivity contribution < 1.29 is 31.6 Å². The van der Waals surface area contributed by atoms with Crippen LogP contribution in [0.25, 0.3) is 11.3 Å². The van der Waals surface area contributed by atoms with Crippen LogP contribution in [0.1, 0.15) is 22.5 Å². The van der Waals surface area contributed by atoms with Crippen molar-refractivity contribution in [3.05, 3.63) is 40.3 Å². The zero-order valence-electron chi connectivity index (χ0n) is 12.5. The van der Waals surface area contributed by atoms with Crippen LogP contribution in [-0.4, -0.2) is 30.3 Å². The van der Waals surface area contributed by atoms with E-state index in [9.17, 15) is 22.4 Å². The molecule has 1 fully saturated rings. The van der Waals surface area contributed by atoms with E-state index in [-0.39, 0.29) is 28.1 Å². The SMILES string of the molecule is O=C(N[C@@H]1CCOC1)c1noc(-c2ccc(C(F)(F)F)c(F)c2)c1Cl. The number of hydrogen-bond acceptors (Lipinski definition) is 4. The number of nitrogens with zero attached hydrogens (tertiary/aromatic N) is 1. The Morgan fingerprint density at radius 2 is 2.12 bits per heavy atom. The Labute approximate surface area is 143 Å². The number of nitrogens with one attached hydrogen (secondary N) is 1. The fourth-order valence-electron chi connectivity index (χ4n) is 2.39. The molecule has 1 aliphatic rings. The number of carbonyl (C=O) groups excluding carboxylic acids is 1. The van der Waals surface area contributed by atoms with Gasteiger partial charge in [0.2, 0.25) is 0 Å². The van der Waals surface area contributed by atoms with Crippen molar-refractivity contribution in [1.29, 1.82) is 0 Å². The molecule has 1 aromatic carbocycles. The molecular formula is C15H11ClF4N2O3. The number of halogens is 5. The van der Waals surface area contributed by atoms with Gasteiger partial charge in [-0.1, -0.05) is 22.8 Å². The summed E-state index contributed by atoms with van der Waals surface area (Å²) in [6.07, 6.45) is -4.18. The number of benzene rings is 1. The van der Waals surface area contributed by atoms with Crippen LogP contribution in [0, 0.1) is 5.82 Å². The van der Waals surface area contributed by atoms with Gasteiger partial charge in [0.15, 0.2) is 11.5 Å². The number of ether oxygens (including phenoxy) is 1. The maximum Gasteiger partial charge on any atom is 0.419 e. The lowest BCUT2D eigenvalue weighted by Gasteiger charge is -2.09. The standard InChI is InChI=1S/C15H11ClF4N2O3/c16-11-12(14(23)21-8-3-4-24-6-8)22-25-13(11)7-1-2-9(10(17)5-7)15(18,19)20/h1-2,5,8H,3-4,6H2,(H,21,23)/t8-/m1/s1. The molecule has 0 spiro atoms. The van der Waals surface area contributed by atoms with Crippen molar-refractivity contribution in [3.8, 4) is 11.3 Å². The molecule has 0 bridgehead atoms. The number of aromatic nitrogens is 1. The number of carbonyl (C=O) groups is 1. The summed E-state index contributed by atoms with van der Waals surface area (Å²) in [5.74, 6) is -2.28. The van der Waals surface area contributed by atoms with E-state index in [4.69, 9.17) is 20.9 Å². The second-order valence-corrected chi connectivity index (χ2v) is 5.78. The number of alkyl halides is 3. The van der Waals surface area contributed by atoms with E-state index >= 15 is 0 Å². The van der Waals surface area contributed by atoms with Gasteiger partial charge < -0.3 is 14.6 Å². The molecule has 0 aliphatic carbocycles. The smallest absolute Gasteiger partial charge is 0.379 e. The van der Waals surface area contributed by atoms with E-state index < -0.39 is 23.5 Å². The van der Waals surface area contributed by atoms with Crippen LogP contribution >= 0.6 is 11.6 Å². The van der Waals surface area contributed by atoms with Gasteiger partial charge >= 0.3 is 6.18 Å². The van der Waals surface area contributed by atoms with Crippen LogP contribution in [0.3, 0.4) is 0 Å². The molecule has 3 rings (SSSR count). The van der Waals surface area contributed by atoms with E-state index in [2.05, 4.69) is 10.5 Å². The molecule has 1 amide bonds. The summed E-state index contributed by atoms with van der Waals surface area (Å²) in [5, 5.41) is 5.97. The zero-order valence-corrected chi connectivity index (χ0v) is 13.2. The summed E-state index contributed by atoms with van der Waals surface area (Å²) in [5.41, 5.74) is -1.71. The monoisotopic (exact) mass is 378 g/mol. The van der Waals surface area contributed by atoms with E-state index in [0.717, 1.165) is 6.07 Å². The molecule has 10 heteroatoms. The normalized spacial score (nSPS) is 17.7. The Bertz CT molecular complexity index is 801. The molecule has 25 heavy (non-hydrogen) atoms. The summed E-state index contributed by atoms with van der Waals surface area (Å²) in [4.78, 5) is 12.1. The Balaban J connectivity index is 1.85. The molecule has 2 heterocycles. The van der Waals surface area contributed by atoms with Gasteiger partial charge in [0.1, 0.15) is 10.8 Å². The Kier molecular flexibility index (Phi) is 4.70. The highest BCUT2D eigenvalue weighted by molar-refractivity contribution is 6.35. The minimum Gasteiger partial charge on any atom is -0.379 e. The summed E-state index contributed by atoms with van der Waals surface area (Å²) >= 11 is 6.03. The van der Waals surface area contributed by atoms with E-state index in [1.807, 2.05) is 0 Å². The van der Waals surface area contributed by atoms with Gasteiger partial charge in [-0.05, 0) is 18.6 Å². The quantitative estimate of drug-likeness (QED) is 0.828. The molecule has 0 saturated carbocycles. The first-order valence-corrected chi connectivity index (χ1v) is 7.56. The van der Waals surface area contributed by atoms with Crippen molar-refractivity contribution in [3.63, 3.8) is 0 Å². The molecule has 2 aromatic rings. The van der Waals surface area contributed by atoms with Crippen molar-refractivity contribution in [2.24, 2.45) is 0 Å². The summed E-state index contributed by atoms with van der Waals surface area (Å²) in [7, 11) is 0. The maximum atomic E-state index is 13.7. The highest BCUT2D eigenvalue weighted by atomic mass is 35.5. The van der Waals surface area contributed by atoms with Gasteiger partial charge in [-0.15, -0.1) is 0 Å². The summed E-state index contributed by atoms with van der Waals surface area (Å²) < 4.78 is 61.5. The third kappa shape index (κ3) is 3.62. The van der Waals surface area contributed by atoms with Crippen LogP contribution in [0.5, 0.6) is 0 Å². The van der Waals surface area contributed by atoms with Crippen LogP contribution in [-0.2, 0) is 10.9 Å². The van der Waals surface area contributed by atoms with Gasteiger partial charge in [0, 0.05) is 12.2 Å². The number of hydrogen-bond donors (Lipinski definition) is 1. The summed E-state index contributed by atoms with van der Waals surface area (Å²) in [6, 6.07) is 2.00. The first kappa shape index (κ1) is 17.7. The topological polar surface area (TPSA) is 64.4 Å². The molecular weight excluding hydrogens is 368 g/mol. The molecule has 0 unspecified atom stereocenters. The average molecular weight is 379 g/mol. The van der Waals surface area contributed by atoms with Gasteiger partial charge in [0.05, 0.1) is 18.2 Å². The predicted octanol–water partition coefficient (Wildman–Crippen LogP) is 3.67. The molecule has 1 aliphatic heterocycles. The molecule has 1 aromatic heterocycles. The van der Waals surface area contributed by atoms with E-state index in [1.54, 1.807) is 0 Å². The second-order valence-electron chi connectivity index (χ2n) is 5.40. The lowest BCUT2D eigenvalue weighted by molar-refractivity contribution is -0.139. The van der Waals surface area contributed by atoms with Gasteiger partial charge in [-0.25, -0.2) is 4.39 Å². The zero-order chi connectivity index (χ0) is 18.2. The van der Waals surface area contributed by atoms with E-state index in [0.29, 0.717) is 31.8 Å². The number of amides is 1. The molecule has 1 N–H and O–H groups in total. The van der Waals surface area contributed by atoms with Crippen molar-refractivity contribution in [2.75, 3.05) is 13.2 Å². The first-order chi connectivity index (χ1) is 11.8. The van der Waals surface area contributed by atoms with Crippen molar-refractivity contribution in [1.82, 2.24) is 10.5 Å². The van der Waals surface area contributed by atoms with Gasteiger partial charge in [-0.2, -0.15) is 13.2 Å². The van der Waals surface area contributed by atoms with Gasteiger partial charge in [-0.3, -0.25) is 4.79 Å². The lowest BCUT2D eigenvalue weighted by atomic mass is 10.1. The Morgan fingerprint density at radius 3 is 2.72 bits per heavy atom. The van der Waals surface area contributed by atoms with Crippen LogP contribution in [0.4, 0.5) is 17.6 Å². The van der Waals surface area contributed by atoms with E-state index in [1.165, 1.54) is 0 Å². The first-order valence-electron chi connectivity index (χ1n) is 7.18. The third-order valence-corrected chi connectivity index (χ3v) is 4.00. The Hall–Kier alpha value is -2.13. The van der Waals surface area contributed by atoms with Crippen molar-refractivity contribution in [2.45, 2.75) is 18.6 Å². The van der Waals surface area contributed by atoms with Crippen LogP contribution < -0.4 is 5.32 Å². The fraction of sp³-hybridized carbons (Fsp3) is 0.333. The summed E-state index contributed by atoms with van der Waals surface area (Å²) in [6.45, 7) is 0.881. The third-order valence-electron chi connectivity index (χ3n) is 3.65. The second kappa shape index (κ2) is 6.64. The molecule has 1 atom stereocenters. The molecule has 5 nitrogen and oxygen atoms in total. The molecule has 0 radical (unpaired) electrons. The fourth-order valence-corrected chi connectivity index (χ4v) is 2.65. The van der Waals surface area contributed by atoms with Crippen molar-refractivity contribution >= 4 is 17.5 Å². The maximum absolute atomic E-state index is 13.7. The minimum absolute atomic E-state index is 0.0637. The van der Waals surface area contributed by atoms with Gasteiger partial charge in [0.25, 0.3) is 5.91 Å². The van der Waals surface area contributed by atoms with Crippen LogP contribution in [0.2, 0.25) is 5.02 Å². The highest BCUT2D eigenvalue weighted by Crippen LogP contribution is 2.36.